The summed E-state index contributed by atoms with van der Waals surface area (Å²) in [5, 5.41) is 3.49. The Kier molecular flexibility index (Phi) is 5.69. The fourth-order valence-corrected chi connectivity index (χ4v) is 3.42. The average Bonchev–Trinajstić information content (AvgIpc) is 2.35. The molecule has 3 unspecified atom stereocenters. The second kappa shape index (κ2) is 7.07. The molecule has 0 aliphatic heterocycles. The molecule has 1 aromatic rings. The lowest BCUT2D eigenvalue weighted by Gasteiger charge is -2.43. The Morgan fingerprint density at radius 3 is 2.79 bits per heavy atom. The summed E-state index contributed by atoms with van der Waals surface area (Å²) < 4.78 is 13.5. The zero-order chi connectivity index (χ0) is 13.8. The van der Waals surface area contributed by atoms with Gasteiger partial charge in [-0.3, -0.25) is 0 Å². The molecule has 0 heterocycles. The van der Waals surface area contributed by atoms with Gasteiger partial charge in [0.2, 0.25) is 0 Å². The molecule has 3 nitrogen and oxygen atoms in total. The van der Waals surface area contributed by atoms with Crippen LogP contribution in [0.25, 0.3) is 0 Å². The van der Waals surface area contributed by atoms with Gasteiger partial charge in [-0.05, 0) is 47.1 Å². The summed E-state index contributed by atoms with van der Waals surface area (Å²) in [4.78, 5) is 0. The number of ether oxygens (including phenoxy) is 2. The first-order valence-electron chi connectivity index (χ1n) is 6.53. The summed E-state index contributed by atoms with van der Waals surface area (Å²) in [7, 11) is 1.75. The number of benzene rings is 1. The summed E-state index contributed by atoms with van der Waals surface area (Å²) in [5.74, 6) is 0.865. The van der Waals surface area contributed by atoms with Gasteiger partial charge in [0.05, 0.1) is 4.47 Å². The minimum atomic E-state index is 0.122. The lowest BCUT2D eigenvalue weighted by Crippen LogP contribution is -2.61. The maximum atomic E-state index is 6.02. The molecule has 106 valence electrons. The van der Waals surface area contributed by atoms with E-state index in [1.807, 2.05) is 18.2 Å². The Labute approximate surface area is 131 Å². The van der Waals surface area contributed by atoms with Crippen molar-refractivity contribution in [3.63, 3.8) is 0 Å². The summed E-state index contributed by atoms with van der Waals surface area (Å²) in [6.07, 6.45) is 2.37. The smallest absolute Gasteiger partial charge is 0.134 e. The first-order valence-corrected chi connectivity index (χ1v) is 8.12. The van der Waals surface area contributed by atoms with E-state index in [-0.39, 0.29) is 12.2 Å². The van der Waals surface area contributed by atoms with Crippen molar-refractivity contribution >= 4 is 31.9 Å². The molecule has 0 bridgehead atoms. The van der Waals surface area contributed by atoms with Crippen molar-refractivity contribution in [1.29, 1.82) is 0 Å². The summed E-state index contributed by atoms with van der Waals surface area (Å²) in [6.45, 7) is 3.19. The van der Waals surface area contributed by atoms with Gasteiger partial charge in [0.25, 0.3) is 0 Å². The maximum Gasteiger partial charge on any atom is 0.134 e. The Morgan fingerprint density at radius 2 is 2.16 bits per heavy atom. The second-order valence-corrected chi connectivity index (χ2v) is 6.50. The number of methoxy groups -OCH3 is 1. The Morgan fingerprint density at radius 1 is 1.37 bits per heavy atom. The Bertz CT molecular complexity index is 428. The van der Waals surface area contributed by atoms with Gasteiger partial charge in [0, 0.05) is 24.0 Å². The standard InChI is InChI=1S/C14H19Br2NO2/c1-3-6-17-11-8-13(14(11)18-2)19-12-5-4-9(15)7-10(12)16/h4-5,7,11,13-14,17H,3,6,8H2,1-2H3. The highest BCUT2D eigenvalue weighted by molar-refractivity contribution is 9.11. The normalized spacial score (nSPS) is 26.0. The molecule has 1 fully saturated rings. The Hall–Kier alpha value is -0.100. The van der Waals surface area contributed by atoms with Gasteiger partial charge < -0.3 is 14.8 Å². The van der Waals surface area contributed by atoms with E-state index >= 15 is 0 Å². The molecule has 0 aromatic heterocycles. The van der Waals surface area contributed by atoms with E-state index in [4.69, 9.17) is 9.47 Å². The number of rotatable bonds is 6. The quantitative estimate of drug-likeness (QED) is 0.799. The molecule has 1 N–H and O–H groups in total. The van der Waals surface area contributed by atoms with Crippen molar-refractivity contribution in [3.05, 3.63) is 27.1 Å². The predicted molar refractivity (Wildman–Crippen MR) is 83.8 cm³/mol. The largest absolute Gasteiger partial charge is 0.486 e. The number of hydrogen-bond donors (Lipinski definition) is 1. The van der Waals surface area contributed by atoms with Crippen LogP contribution < -0.4 is 10.1 Å². The highest BCUT2D eigenvalue weighted by Gasteiger charge is 2.43. The first-order chi connectivity index (χ1) is 9.15. The highest BCUT2D eigenvalue weighted by Crippen LogP contribution is 2.34. The fraction of sp³-hybridized carbons (Fsp3) is 0.571. The molecule has 1 aromatic carbocycles. The molecule has 1 saturated carbocycles. The zero-order valence-corrected chi connectivity index (χ0v) is 14.3. The third kappa shape index (κ3) is 3.72. The zero-order valence-electron chi connectivity index (χ0n) is 11.2. The molecule has 5 heteroatoms. The van der Waals surface area contributed by atoms with Crippen LogP contribution in [0.3, 0.4) is 0 Å². The number of hydrogen-bond acceptors (Lipinski definition) is 3. The topological polar surface area (TPSA) is 30.5 Å². The van der Waals surface area contributed by atoms with E-state index in [9.17, 15) is 0 Å². The lowest BCUT2D eigenvalue weighted by molar-refractivity contribution is -0.0889. The third-order valence-electron chi connectivity index (χ3n) is 3.35. The second-order valence-electron chi connectivity index (χ2n) is 4.73. The fourth-order valence-electron chi connectivity index (χ4n) is 2.28. The van der Waals surface area contributed by atoms with E-state index in [2.05, 4.69) is 44.1 Å². The summed E-state index contributed by atoms with van der Waals surface area (Å²) >= 11 is 6.95. The van der Waals surface area contributed by atoms with Crippen LogP contribution in [-0.2, 0) is 4.74 Å². The van der Waals surface area contributed by atoms with Crippen molar-refractivity contribution in [2.24, 2.45) is 0 Å². The minimum Gasteiger partial charge on any atom is -0.486 e. The molecule has 0 amide bonds. The van der Waals surface area contributed by atoms with Crippen LogP contribution in [0.5, 0.6) is 5.75 Å². The molecule has 0 saturated heterocycles. The van der Waals surface area contributed by atoms with E-state index < -0.39 is 0 Å². The maximum absolute atomic E-state index is 6.02. The van der Waals surface area contributed by atoms with Crippen molar-refractivity contribution in [2.45, 2.75) is 38.0 Å². The molecular weight excluding hydrogens is 374 g/mol. The van der Waals surface area contributed by atoms with Crippen LogP contribution >= 0.6 is 31.9 Å². The van der Waals surface area contributed by atoms with Gasteiger partial charge in [-0.15, -0.1) is 0 Å². The van der Waals surface area contributed by atoms with E-state index in [0.717, 1.165) is 34.1 Å². The van der Waals surface area contributed by atoms with Crippen LogP contribution in [0.1, 0.15) is 19.8 Å². The van der Waals surface area contributed by atoms with Crippen LogP contribution in [0, 0.1) is 0 Å². The average molecular weight is 393 g/mol. The van der Waals surface area contributed by atoms with E-state index in [0.29, 0.717) is 6.04 Å². The van der Waals surface area contributed by atoms with Gasteiger partial charge in [-0.2, -0.15) is 0 Å². The van der Waals surface area contributed by atoms with Crippen LogP contribution in [0.15, 0.2) is 27.1 Å². The summed E-state index contributed by atoms with van der Waals surface area (Å²) in [5.41, 5.74) is 0. The van der Waals surface area contributed by atoms with E-state index in [1.165, 1.54) is 0 Å². The van der Waals surface area contributed by atoms with Gasteiger partial charge >= 0.3 is 0 Å². The van der Waals surface area contributed by atoms with Crippen LogP contribution in [-0.4, -0.2) is 31.9 Å². The number of nitrogens with one attached hydrogen (secondary N) is 1. The highest BCUT2D eigenvalue weighted by atomic mass is 79.9. The van der Waals surface area contributed by atoms with Gasteiger partial charge in [-0.1, -0.05) is 22.9 Å². The van der Waals surface area contributed by atoms with Crippen LogP contribution in [0.4, 0.5) is 0 Å². The molecular formula is C14H19Br2NO2. The third-order valence-corrected chi connectivity index (χ3v) is 4.46. The monoisotopic (exact) mass is 391 g/mol. The van der Waals surface area contributed by atoms with Crippen molar-refractivity contribution in [2.75, 3.05) is 13.7 Å². The molecule has 1 aliphatic rings. The summed E-state index contributed by atoms with van der Waals surface area (Å²) in [6, 6.07) is 6.34. The molecule has 1 aliphatic carbocycles. The van der Waals surface area contributed by atoms with Crippen LogP contribution in [0.2, 0.25) is 0 Å². The molecule has 0 spiro atoms. The molecule has 3 atom stereocenters. The molecule has 0 radical (unpaired) electrons. The molecule has 19 heavy (non-hydrogen) atoms. The van der Waals surface area contributed by atoms with Gasteiger partial charge in [0.15, 0.2) is 0 Å². The van der Waals surface area contributed by atoms with Crippen molar-refractivity contribution in [1.82, 2.24) is 5.32 Å². The number of halogens is 2. The first kappa shape index (κ1) is 15.3. The SMILES string of the molecule is CCCNC1CC(Oc2ccc(Br)cc2Br)C1OC. The van der Waals surface area contributed by atoms with Gasteiger partial charge in [-0.25, -0.2) is 0 Å². The van der Waals surface area contributed by atoms with Crippen molar-refractivity contribution < 1.29 is 9.47 Å². The predicted octanol–water partition coefficient (Wildman–Crippen LogP) is 3.75. The Balaban J connectivity index is 1.93. The lowest BCUT2D eigenvalue weighted by atomic mass is 9.85. The van der Waals surface area contributed by atoms with E-state index in [1.54, 1.807) is 7.11 Å². The minimum absolute atomic E-state index is 0.122. The van der Waals surface area contributed by atoms with Crippen molar-refractivity contribution in [3.8, 4) is 5.75 Å². The van der Waals surface area contributed by atoms with Gasteiger partial charge in [0.1, 0.15) is 18.0 Å². The molecule has 2 rings (SSSR count).